The van der Waals surface area contributed by atoms with Gasteiger partial charge in [-0.1, -0.05) is 36.8 Å². The lowest BCUT2D eigenvalue weighted by Crippen LogP contribution is -2.44. The largest absolute Gasteiger partial charge is 0.381 e. The fraction of sp³-hybridized carbons (Fsp3) is 0.458. The van der Waals surface area contributed by atoms with Crippen LogP contribution in [0, 0.1) is 0 Å². The molecule has 2 aliphatic rings. The monoisotopic (exact) mass is 442 g/mol. The van der Waals surface area contributed by atoms with Crippen molar-refractivity contribution in [3.05, 3.63) is 65.7 Å². The van der Waals surface area contributed by atoms with Gasteiger partial charge >= 0.3 is 0 Å². The number of benzene rings is 2. The third-order valence-corrected chi connectivity index (χ3v) is 8.41. The Labute approximate surface area is 184 Å². The molecule has 6 nitrogen and oxygen atoms in total. The first kappa shape index (κ1) is 22.0. The molecule has 0 aliphatic carbocycles. The van der Waals surface area contributed by atoms with Gasteiger partial charge < -0.3 is 10.1 Å². The van der Waals surface area contributed by atoms with E-state index >= 15 is 0 Å². The van der Waals surface area contributed by atoms with Gasteiger partial charge in [0.15, 0.2) is 0 Å². The average Bonchev–Trinajstić information content (AvgIpc) is 2.84. The van der Waals surface area contributed by atoms with E-state index in [9.17, 15) is 13.2 Å². The lowest BCUT2D eigenvalue weighted by Gasteiger charge is -2.38. The van der Waals surface area contributed by atoms with Crippen LogP contribution in [-0.2, 0) is 20.2 Å². The molecule has 1 N–H and O–H groups in total. The maximum Gasteiger partial charge on any atom is 0.251 e. The van der Waals surface area contributed by atoms with Gasteiger partial charge in [-0.05, 0) is 55.5 Å². The Hall–Kier alpha value is -2.22. The van der Waals surface area contributed by atoms with Crippen LogP contribution in [0.15, 0.2) is 59.5 Å². The van der Waals surface area contributed by atoms with Gasteiger partial charge in [0.05, 0.1) is 4.90 Å². The molecule has 2 aromatic carbocycles. The molecule has 2 saturated heterocycles. The fourth-order valence-electron chi connectivity index (χ4n) is 4.51. The summed E-state index contributed by atoms with van der Waals surface area (Å²) in [7, 11) is -3.49. The first-order chi connectivity index (χ1) is 15.0. The summed E-state index contributed by atoms with van der Waals surface area (Å²) in [6, 6.07) is 16.5. The number of carbonyl (C=O) groups is 1. The lowest BCUT2D eigenvalue weighted by atomic mass is 9.74. The molecule has 2 fully saturated rings. The molecule has 2 heterocycles. The minimum atomic E-state index is -3.49. The number of hydrogen-bond donors (Lipinski definition) is 1. The summed E-state index contributed by atoms with van der Waals surface area (Å²) >= 11 is 0. The van der Waals surface area contributed by atoms with Gasteiger partial charge in [-0.3, -0.25) is 4.79 Å². The topological polar surface area (TPSA) is 75.7 Å². The highest BCUT2D eigenvalue weighted by Gasteiger charge is 2.35. The van der Waals surface area contributed by atoms with Crippen LogP contribution in [-0.4, -0.2) is 51.5 Å². The summed E-state index contributed by atoms with van der Waals surface area (Å²) in [6.07, 6.45) is 4.57. The van der Waals surface area contributed by atoms with Gasteiger partial charge in [-0.2, -0.15) is 4.31 Å². The Morgan fingerprint density at radius 1 is 0.935 bits per heavy atom. The van der Waals surface area contributed by atoms with Gasteiger partial charge in [0.25, 0.3) is 5.91 Å². The molecule has 0 atom stereocenters. The van der Waals surface area contributed by atoms with Crippen molar-refractivity contribution < 1.29 is 17.9 Å². The van der Waals surface area contributed by atoms with Crippen LogP contribution in [0.4, 0.5) is 0 Å². The highest BCUT2D eigenvalue weighted by molar-refractivity contribution is 7.89. The van der Waals surface area contributed by atoms with Crippen molar-refractivity contribution in [1.29, 1.82) is 0 Å². The molecule has 0 bridgehead atoms. The van der Waals surface area contributed by atoms with E-state index < -0.39 is 10.0 Å². The number of sulfonamides is 1. The van der Waals surface area contributed by atoms with Gasteiger partial charge in [0.1, 0.15) is 0 Å². The molecule has 1 amide bonds. The second kappa shape index (κ2) is 9.51. The first-order valence-electron chi connectivity index (χ1n) is 11.0. The Balaban J connectivity index is 1.45. The normalized spacial score (nSPS) is 19.6. The zero-order valence-electron chi connectivity index (χ0n) is 17.8. The molecule has 0 aromatic heterocycles. The Bertz CT molecular complexity index is 978. The molecule has 0 unspecified atom stereocenters. The van der Waals surface area contributed by atoms with Crippen molar-refractivity contribution in [2.75, 3.05) is 32.8 Å². The Morgan fingerprint density at radius 2 is 1.58 bits per heavy atom. The van der Waals surface area contributed by atoms with E-state index in [1.54, 1.807) is 28.6 Å². The van der Waals surface area contributed by atoms with Crippen molar-refractivity contribution in [3.8, 4) is 0 Å². The van der Waals surface area contributed by atoms with Crippen LogP contribution in [0.5, 0.6) is 0 Å². The van der Waals surface area contributed by atoms with E-state index in [1.807, 2.05) is 18.2 Å². The summed E-state index contributed by atoms with van der Waals surface area (Å²) in [5, 5.41) is 3.08. The van der Waals surface area contributed by atoms with Crippen molar-refractivity contribution in [2.24, 2.45) is 0 Å². The zero-order valence-corrected chi connectivity index (χ0v) is 18.6. The summed E-state index contributed by atoms with van der Waals surface area (Å²) in [5.41, 5.74) is 1.53. The first-order valence-corrected chi connectivity index (χ1v) is 12.5. The van der Waals surface area contributed by atoms with Gasteiger partial charge in [0.2, 0.25) is 10.0 Å². The predicted molar refractivity (Wildman–Crippen MR) is 120 cm³/mol. The zero-order chi connectivity index (χ0) is 21.7. The van der Waals surface area contributed by atoms with Crippen molar-refractivity contribution >= 4 is 15.9 Å². The van der Waals surface area contributed by atoms with Crippen LogP contribution in [0.2, 0.25) is 0 Å². The van der Waals surface area contributed by atoms with E-state index in [2.05, 4.69) is 17.4 Å². The molecular weight excluding hydrogens is 412 g/mol. The summed E-state index contributed by atoms with van der Waals surface area (Å²) in [6.45, 7) is 3.00. The number of amides is 1. The van der Waals surface area contributed by atoms with Crippen LogP contribution >= 0.6 is 0 Å². The Morgan fingerprint density at radius 3 is 2.23 bits per heavy atom. The molecule has 0 spiro atoms. The standard InChI is InChI=1S/C24H30N2O4S/c27-23(25-19-24(13-17-30-18-14-24)21-7-3-1-4-8-21)20-9-11-22(12-10-20)31(28,29)26-15-5-2-6-16-26/h1,3-4,7-12H,2,5-6,13-19H2,(H,25,27). The van der Waals surface area contributed by atoms with Gasteiger partial charge in [-0.25, -0.2) is 8.42 Å². The minimum Gasteiger partial charge on any atom is -0.381 e. The van der Waals surface area contributed by atoms with Gasteiger partial charge in [-0.15, -0.1) is 0 Å². The molecule has 7 heteroatoms. The van der Waals surface area contributed by atoms with Crippen molar-refractivity contribution in [1.82, 2.24) is 9.62 Å². The molecule has 4 rings (SSSR count). The lowest BCUT2D eigenvalue weighted by molar-refractivity contribution is 0.0487. The SMILES string of the molecule is O=C(NCC1(c2ccccc2)CCOCC1)c1ccc(S(=O)(=O)N2CCCCC2)cc1. The second-order valence-electron chi connectivity index (χ2n) is 8.43. The number of carbonyl (C=O) groups excluding carboxylic acids is 1. The number of hydrogen-bond acceptors (Lipinski definition) is 4. The number of nitrogens with one attached hydrogen (secondary N) is 1. The number of rotatable bonds is 6. The Kier molecular flexibility index (Phi) is 6.74. The summed E-state index contributed by atoms with van der Waals surface area (Å²) in [5.74, 6) is -0.191. The third-order valence-electron chi connectivity index (χ3n) is 6.49. The highest BCUT2D eigenvalue weighted by atomic mass is 32.2. The molecule has 2 aliphatic heterocycles. The van der Waals surface area contributed by atoms with Crippen LogP contribution in [0.3, 0.4) is 0 Å². The minimum absolute atomic E-state index is 0.146. The van der Waals surface area contributed by atoms with Crippen LogP contribution in [0.25, 0.3) is 0 Å². The smallest absolute Gasteiger partial charge is 0.251 e. The molecule has 31 heavy (non-hydrogen) atoms. The number of piperidine rings is 1. The number of nitrogens with zero attached hydrogens (tertiary/aromatic N) is 1. The maximum atomic E-state index is 12.8. The van der Waals surface area contributed by atoms with Crippen LogP contribution < -0.4 is 5.32 Å². The number of ether oxygens (including phenoxy) is 1. The summed E-state index contributed by atoms with van der Waals surface area (Å²) < 4.78 is 32.7. The quantitative estimate of drug-likeness (QED) is 0.745. The molecular formula is C24H30N2O4S. The second-order valence-corrected chi connectivity index (χ2v) is 10.4. The van der Waals surface area contributed by atoms with E-state index in [0.29, 0.717) is 38.4 Å². The maximum absolute atomic E-state index is 12.8. The molecule has 166 valence electrons. The fourth-order valence-corrected chi connectivity index (χ4v) is 6.02. The van der Waals surface area contributed by atoms with Crippen molar-refractivity contribution in [3.63, 3.8) is 0 Å². The van der Waals surface area contributed by atoms with E-state index in [-0.39, 0.29) is 16.2 Å². The van der Waals surface area contributed by atoms with E-state index in [4.69, 9.17) is 4.74 Å². The van der Waals surface area contributed by atoms with E-state index in [1.165, 1.54) is 5.56 Å². The summed E-state index contributed by atoms with van der Waals surface area (Å²) in [4.78, 5) is 13.1. The third kappa shape index (κ3) is 4.84. The highest BCUT2D eigenvalue weighted by Crippen LogP contribution is 2.34. The van der Waals surface area contributed by atoms with Gasteiger partial charge in [0, 0.05) is 43.8 Å². The molecule has 0 saturated carbocycles. The average molecular weight is 443 g/mol. The molecule has 0 radical (unpaired) electrons. The van der Waals surface area contributed by atoms with E-state index in [0.717, 1.165) is 32.1 Å². The predicted octanol–water partition coefficient (Wildman–Crippen LogP) is 3.34. The van der Waals surface area contributed by atoms with Crippen molar-refractivity contribution in [2.45, 2.75) is 42.4 Å². The van der Waals surface area contributed by atoms with Crippen LogP contribution in [0.1, 0.15) is 48.0 Å². The molecule has 2 aromatic rings.